The minimum absolute atomic E-state index is 0.108. The minimum atomic E-state index is -0.484. The summed E-state index contributed by atoms with van der Waals surface area (Å²) >= 11 is 0. The Morgan fingerprint density at radius 2 is 1.83 bits per heavy atom. The lowest BCUT2D eigenvalue weighted by Crippen LogP contribution is -2.19. The Balaban J connectivity index is 1.68. The van der Waals surface area contributed by atoms with E-state index in [1.54, 1.807) is 66.3 Å². The maximum atomic E-state index is 12.5. The lowest BCUT2D eigenvalue weighted by Gasteiger charge is -2.09. The molecular weight excluding hydrogens is 384 g/mol. The second-order valence-electron chi connectivity index (χ2n) is 6.48. The lowest BCUT2D eigenvalue weighted by atomic mass is 10.1. The van der Waals surface area contributed by atoms with Crippen LogP contribution in [0.15, 0.2) is 60.8 Å². The minimum Gasteiger partial charge on any atom is -0.461 e. The number of ether oxygens (including phenoxy) is 1. The third kappa shape index (κ3) is 5.32. The van der Waals surface area contributed by atoms with Crippen LogP contribution in [0.4, 0.5) is 5.69 Å². The summed E-state index contributed by atoms with van der Waals surface area (Å²) in [5.41, 5.74) is 2.89. The molecule has 0 atom stereocenters. The van der Waals surface area contributed by atoms with Gasteiger partial charge in [0, 0.05) is 30.9 Å². The van der Waals surface area contributed by atoms with E-state index < -0.39 is 5.97 Å². The summed E-state index contributed by atoms with van der Waals surface area (Å²) in [6, 6.07) is 15.7. The number of nitrogens with one attached hydrogen (secondary N) is 2. The van der Waals surface area contributed by atoms with Crippen molar-refractivity contribution in [3.63, 3.8) is 0 Å². The first-order valence-corrected chi connectivity index (χ1v) is 9.44. The van der Waals surface area contributed by atoms with Crippen LogP contribution in [0.1, 0.15) is 40.3 Å². The highest BCUT2D eigenvalue weighted by atomic mass is 16.5. The van der Waals surface area contributed by atoms with Crippen molar-refractivity contribution in [1.29, 1.82) is 0 Å². The summed E-state index contributed by atoms with van der Waals surface area (Å²) in [5, 5.41) is 9.77. The standard InChI is InChI=1S/C22H22N4O4/c1-3-30-22(29)20-11-12-26(25-20)19-6-4-5-18(13-19)24-21(28)17-9-7-16(8-10-17)14-23-15(2)27/h4-13H,3,14H2,1-2H3,(H,23,27)(H,24,28). The topological polar surface area (TPSA) is 102 Å². The van der Waals surface area contributed by atoms with Crippen LogP contribution < -0.4 is 10.6 Å². The molecule has 8 nitrogen and oxygen atoms in total. The highest BCUT2D eigenvalue weighted by Gasteiger charge is 2.12. The second-order valence-corrected chi connectivity index (χ2v) is 6.48. The molecule has 0 fully saturated rings. The van der Waals surface area contributed by atoms with Crippen molar-refractivity contribution in [1.82, 2.24) is 15.1 Å². The van der Waals surface area contributed by atoms with E-state index in [4.69, 9.17) is 4.74 Å². The van der Waals surface area contributed by atoms with Crippen LogP contribution >= 0.6 is 0 Å². The molecule has 0 unspecified atom stereocenters. The van der Waals surface area contributed by atoms with E-state index in [0.717, 1.165) is 5.56 Å². The number of aromatic nitrogens is 2. The Morgan fingerprint density at radius 3 is 2.53 bits per heavy atom. The van der Waals surface area contributed by atoms with Crippen LogP contribution in [0.5, 0.6) is 0 Å². The first-order valence-electron chi connectivity index (χ1n) is 9.44. The summed E-state index contributed by atoms with van der Waals surface area (Å²) in [6.07, 6.45) is 1.65. The largest absolute Gasteiger partial charge is 0.461 e. The van der Waals surface area contributed by atoms with E-state index in [9.17, 15) is 14.4 Å². The fraction of sp³-hybridized carbons (Fsp3) is 0.182. The maximum absolute atomic E-state index is 12.5. The zero-order valence-corrected chi connectivity index (χ0v) is 16.7. The van der Waals surface area contributed by atoms with Crippen LogP contribution in [0.25, 0.3) is 5.69 Å². The van der Waals surface area contributed by atoms with Crippen LogP contribution in [0.2, 0.25) is 0 Å². The molecular formula is C22H22N4O4. The molecule has 0 aliphatic carbocycles. The number of hydrogen-bond acceptors (Lipinski definition) is 5. The molecule has 3 aromatic rings. The molecule has 3 rings (SSSR count). The summed E-state index contributed by atoms with van der Waals surface area (Å²) < 4.78 is 6.49. The number of rotatable bonds is 7. The van der Waals surface area contributed by atoms with Gasteiger partial charge < -0.3 is 15.4 Å². The van der Waals surface area contributed by atoms with Crippen molar-refractivity contribution in [2.75, 3.05) is 11.9 Å². The molecule has 2 aromatic carbocycles. The number of esters is 1. The predicted octanol–water partition coefficient (Wildman–Crippen LogP) is 2.94. The van der Waals surface area contributed by atoms with E-state index in [1.807, 2.05) is 6.07 Å². The zero-order chi connectivity index (χ0) is 21.5. The third-order valence-electron chi connectivity index (χ3n) is 4.20. The Labute approximate surface area is 173 Å². The summed E-state index contributed by atoms with van der Waals surface area (Å²) in [6.45, 7) is 3.88. The Hall–Kier alpha value is -3.94. The molecule has 2 N–H and O–H groups in total. The van der Waals surface area contributed by atoms with E-state index in [-0.39, 0.29) is 24.1 Å². The summed E-state index contributed by atoms with van der Waals surface area (Å²) in [4.78, 5) is 35.3. The smallest absolute Gasteiger partial charge is 0.358 e. The molecule has 8 heteroatoms. The molecule has 0 saturated heterocycles. The van der Waals surface area contributed by atoms with Crippen LogP contribution in [-0.2, 0) is 16.1 Å². The first kappa shape index (κ1) is 20.8. The third-order valence-corrected chi connectivity index (χ3v) is 4.20. The Bertz CT molecular complexity index is 1060. The number of nitrogens with zero attached hydrogens (tertiary/aromatic N) is 2. The monoisotopic (exact) mass is 406 g/mol. The van der Waals surface area contributed by atoms with Crippen LogP contribution in [0.3, 0.4) is 0 Å². The number of hydrogen-bond donors (Lipinski definition) is 2. The molecule has 30 heavy (non-hydrogen) atoms. The van der Waals surface area contributed by atoms with Gasteiger partial charge in [0.25, 0.3) is 5.91 Å². The molecule has 0 aliphatic heterocycles. The molecule has 0 radical (unpaired) electrons. The molecule has 2 amide bonds. The van der Waals surface area contributed by atoms with Gasteiger partial charge in [-0.15, -0.1) is 0 Å². The van der Waals surface area contributed by atoms with E-state index >= 15 is 0 Å². The van der Waals surface area contributed by atoms with Gasteiger partial charge in [-0.1, -0.05) is 18.2 Å². The van der Waals surface area contributed by atoms with Crippen molar-refractivity contribution in [3.05, 3.63) is 77.6 Å². The van der Waals surface area contributed by atoms with Crippen LogP contribution in [-0.4, -0.2) is 34.2 Å². The van der Waals surface area contributed by atoms with E-state index in [0.29, 0.717) is 23.5 Å². The summed E-state index contributed by atoms with van der Waals surface area (Å²) in [7, 11) is 0. The van der Waals surface area contributed by atoms with Crippen molar-refractivity contribution in [3.8, 4) is 5.69 Å². The van der Waals surface area contributed by atoms with E-state index in [1.165, 1.54) is 6.92 Å². The summed E-state index contributed by atoms with van der Waals surface area (Å²) in [5.74, 6) is -0.850. The average Bonchev–Trinajstić information content (AvgIpc) is 3.23. The van der Waals surface area contributed by atoms with Gasteiger partial charge in [-0.05, 0) is 48.9 Å². The highest BCUT2D eigenvalue weighted by Crippen LogP contribution is 2.16. The molecule has 0 aliphatic rings. The zero-order valence-electron chi connectivity index (χ0n) is 16.7. The van der Waals surface area contributed by atoms with Crippen molar-refractivity contribution in [2.24, 2.45) is 0 Å². The van der Waals surface area contributed by atoms with Gasteiger partial charge in [-0.25, -0.2) is 9.48 Å². The van der Waals surface area contributed by atoms with Gasteiger partial charge in [-0.2, -0.15) is 5.10 Å². The predicted molar refractivity (Wildman–Crippen MR) is 111 cm³/mol. The normalized spacial score (nSPS) is 10.3. The number of carbonyl (C=O) groups excluding carboxylic acids is 3. The average molecular weight is 406 g/mol. The van der Waals surface area contributed by atoms with Gasteiger partial charge in [0.05, 0.1) is 12.3 Å². The van der Waals surface area contributed by atoms with Crippen molar-refractivity contribution >= 4 is 23.5 Å². The molecule has 0 saturated carbocycles. The number of carbonyl (C=O) groups is 3. The SMILES string of the molecule is CCOC(=O)c1ccn(-c2cccc(NC(=O)c3ccc(CNC(C)=O)cc3)c2)n1. The molecule has 154 valence electrons. The maximum Gasteiger partial charge on any atom is 0.358 e. The van der Waals surface area contributed by atoms with Gasteiger partial charge in [0.1, 0.15) is 0 Å². The molecule has 1 heterocycles. The van der Waals surface area contributed by atoms with E-state index in [2.05, 4.69) is 15.7 Å². The second kappa shape index (κ2) is 9.51. The van der Waals surface area contributed by atoms with Crippen molar-refractivity contribution < 1.29 is 19.1 Å². The van der Waals surface area contributed by atoms with Crippen molar-refractivity contribution in [2.45, 2.75) is 20.4 Å². The highest BCUT2D eigenvalue weighted by molar-refractivity contribution is 6.04. The Morgan fingerprint density at radius 1 is 1.07 bits per heavy atom. The molecule has 1 aromatic heterocycles. The van der Waals surface area contributed by atoms with Gasteiger partial charge >= 0.3 is 5.97 Å². The number of anilines is 1. The van der Waals surface area contributed by atoms with Gasteiger partial charge in [-0.3, -0.25) is 9.59 Å². The molecule has 0 bridgehead atoms. The van der Waals surface area contributed by atoms with Gasteiger partial charge in [0.2, 0.25) is 5.91 Å². The quantitative estimate of drug-likeness (QED) is 0.588. The lowest BCUT2D eigenvalue weighted by molar-refractivity contribution is -0.119. The fourth-order valence-electron chi connectivity index (χ4n) is 2.71. The van der Waals surface area contributed by atoms with Crippen LogP contribution in [0, 0.1) is 0 Å². The number of amides is 2. The number of benzene rings is 2. The fourth-order valence-corrected chi connectivity index (χ4v) is 2.71. The molecule has 0 spiro atoms. The first-order chi connectivity index (χ1) is 14.5. The Kier molecular flexibility index (Phi) is 6.59. The van der Waals surface area contributed by atoms with Gasteiger partial charge in [0.15, 0.2) is 5.69 Å².